The molecule has 1 unspecified atom stereocenters. The maximum Gasteiger partial charge on any atom is 0.279 e. The molecular formula is C21H17N3O4S. The monoisotopic (exact) mass is 407 g/mol. The molecule has 7 nitrogen and oxygen atoms in total. The van der Waals surface area contributed by atoms with E-state index in [1.54, 1.807) is 0 Å². The number of oxazole rings is 1. The summed E-state index contributed by atoms with van der Waals surface area (Å²) in [5.74, 6) is 1.59. The highest BCUT2D eigenvalue weighted by atomic mass is 32.1. The van der Waals surface area contributed by atoms with E-state index in [9.17, 15) is 4.79 Å². The first kappa shape index (κ1) is 17.8. The number of anilines is 1. The zero-order valence-electron chi connectivity index (χ0n) is 15.3. The Labute approximate surface area is 170 Å². The summed E-state index contributed by atoms with van der Waals surface area (Å²) < 4.78 is 17.8. The summed E-state index contributed by atoms with van der Waals surface area (Å²) in [6, 6.07) is 15.2. The van der Waals surface area contributed by atoms with Crippen molar-refractivity contribution >= 4 is 32.6 Å². The topological polar surface area (TPSA) is 86.5 Å². The molecule has 3 heterocycles. The van der Waals surface area contributed by atoms with Crippen LogP contribution in [-0.4, -0.2) is 22.5 Å². The van der Waals surface area contributed by atoms with Gasteiger partial charge in [-0.05, 0) is 37.1 Å². The van der Waals surface area contributed by atoms with Crippen molar-refractivity contribution in [1.29, 1.82) is 0 Å². The molecule has 5 rings (SSSR count). The molecule has 146 valence electrons. The van der Waals surface area contributed by atoms with Crippen molar-refractivity contribution in [2.45, 2.75) is 18.9 Å². The lowest BCUT2D eigenvalue weighted by Gasteiger charge is -2.07. The van der Waals surface area contributed by atoms with Gasteiger partial charge in [-0.15, -0.1) is 0 Å². The summed E-state index contributed by atoms with van der Waals surface area (Å²) in [5.41, 5.74) is 1.02. The second kappa shape index (κ2) is 7.65. The minimum absolute atomic E-state index is 0.216. The van der Waals surface area contributed by atoms with Crippen LogP contribution in [0, 0.1) is 0 Å². The number of fused-ring (bicyclic) bond motifs is 1. The molecule has 1 amide bonds. The second-order valence-electron chi connectivity index (χ2n) is 6.58. The van der Waals surface area contributed by atoms with Crippen molar-refractivity contribution < 1.29 is 18.7 Å². The number of thiazole rings is 1. The average Bonchev–Trinajstić information content (AvgIpc) is 3.48. The van der Waals surface area contributed by atoms with E-state index < -0.39 is 0 Å². The molecule has 4 aromatic rings. The Kier molecular flexibility index (Phi) is 4.71. The minimum atomic E-state index is -0.357. The number of nitrogens with zero attached hydrogens (tertiary/aromatic N) is 2. The highest BCUT2D eigenvalue weighted by molar-refractivity contribution is 7.22. The van der Waals surface area contributed by atoms with Crippen LogP contribution < -0.4 is 10.1 Å². The molecule has 29 heavy (non-hydrogen) atoms. The van der Waals surface area contributed by atoms with Crippen LogP contribution in [0.3, 0.4) is 0 Å². The fraction of sp³-hybridized carbons (Fsp3) is 0.190. The van der Waals surface area contributed by atoms with Crippen LogP contribution in [0.5, 0.6) is 11.5 Å². The molecule has 0 spiro atoms. The lowest BCUT2D eigenvalue weighted by molar-refractivity contribution is 0.0889. The zero-order valence-corrected chi connectivity index (χ0v) is 16.1. The molecule has 1 saturated heterocycles. The Balaban J connectivity index is 1.34. The predicted molar refractivity (Wildman–Crippen MR) is 109 cm³/mol. The number of para-hydroxylation sites is 1. The van der Waals surface area contributed by atoms with Crippen LogP contribution in [0.2, 0.25) is 0 Å². The smallest absolute Gasteiger partial charge is 0.279 e. The molecule has 0 aliphatic carbocycles. The third kappa shape index (κ3) is 3.72. The lowest BCUT2D eigenvalue weighted by Crippen LogP contribution is -2.15. The van der Waals surface area contributed by atoms with Crippen LogP contribution in [0.15, 0.2) is 59.3 Å². The van der Waals surface area contributed by atoms with Crippen LogP contribution in [0.25, 0.3) is 10.2 Å². The number of carbonyl (C=O) groups is 1. The van der Waals surface area contributed by atoms with Gasteiger partial charge in [0.15, 0.2) is 23.0 Å². The third-order valence-electron chi connectivity index (χ3n) is 4.59. The number of aromatic nitrogens is 2. The van der Waals surface area contributed by atoms with Gasteiger partial charge in [-0.1, -0.05) is 29.5 Å². The van der Waals surface area contributed by atoms with Gasteiger partial charge in [-0.3, -0.25) is 10.1 Å². The molecule has 2 aromatic carbocycles. The molecule has 0 bridgehead atoms. The molecule has 1 atom stereocenters. The quantitative estimate of drug-likeness (QED) is 0.490. The van der Waals surface area contributed by atoms with Gasteiger partial charge >= 0.3 is 0 Å². The SMILES string of the molecule is O=C(Nc1nc2ccc(Oc3ccccc3)cc2s1)c1ncoc1C1CCCO1. The van der Waals surface area contributed by atoms with E-state index in [0.717, 1.165) is 28.8 Å². The first-order valence-corrected chi connectivity index (χ1v) is 10.1. The summed E-state index contributed by atoms with van der Waals surface area (Å²) in [6.07, 6.45) is 2.82. The van der Waals surface area contributed by atoms with Crippen LogP contribution in [0.4, 0.5) is 5.13 Å². The van der Waals surface area contributed by atoms with Gasteiger partial charge in [0.2, 0.25) is 0 Å². The third-order valence-corrected chi connectivity index (χ3v) is 5.52. The maximum absolute atomic E-state index is 12.7. The molecule has 1 aliphatic heterocycles. The van der Waals surface area contributed by atoms with E-state index in [-0.39, 0.29) is 17.7 Å². The number of carbonyl (C=O) groups excluding carboxylic acids is 1. The average molecular weight is 407 g/mol. The first-order chi connectivity index (χ1) is 14.3. The number of hydrogen-bond donors (Lipinski definition) is 1. The first-order valence-electron chi connectivity index (χ1n) is 9.26. The molecule has 0 saturated carbocycles. The standard InChI is InChI=1S/C21H17N3O4S/c25-20(18-19(27-12-22-18)16-7-4-10-26-16)24-21-23-15-9-8-14(11-17(15)29-21)28-13-5-2-1-3-6-13/h1-3,5-6,8-9,11-12,16H,4,7,10H2,(H,23,24,25). The van der Waals surface area contributed by atoms with Crippen molar-refractivity contribution in [3.05, 3.63) is 66.4 Å². The summed E-state index contributed by atoms with van der Waals surface area (Å²) in [5, 5.41) is 3.31. The van der Waals surface area contributed by atoms with Gasteiger partial charge in [-0.25, -0.2) is 9.97 Å². The fourth-order valence-corrected chi connectivity index (χ4v) is 4.13. The van der Waals surface area contributed by atoms with Gasteiger partial charge in [0.1, 0.15) is 17.6 Å². The van der Waals surface area contributed by atoms with E-state index in [2.05, 4.69) is 15.3 Å². The summed E-state index contributed by atoms with van der Waals surface area (Å²) in [4.78, 5) is 21.2. The predicted octanol–water partition coefficient (Wildman–Crippen LogP) is 5.18. The lowest BCUT2D eigenvalue weighted by atomic mass is 10.1. The van der Waals surface area contributed by atoms with Gasteiger partial charge in [0.25, 0.3) is 5.91 Å². The van der Waals surface area contributed by atoms with E-state index in [1.807, 2.05) is 48.5 Å². The van der Waals surface area contributed by atoms with E-state index in [1.165, 1.54) is 17.7 Å². The van der Waals surface area contributed by atoms with E-state index in [0.29, 0.717) is 23.2 Å². The highest BCUT2D eigenvalue weighted by Crippen LogP contribution is 2.33. The number of hydrogen-bond acceptors (Lipinski definition) is 7. The van der Waals surface area contributed by atoms with Crippen LogP contribution in [0.1, 0.15) is 35.2 Å². The molecule has 0 radical (unpaired) electrons. The molecular weight excluding hydrogens is 390 g/mol. The zero-order chi connectivity index (χ0) is 19.6. The Morgan fingerprint density at radius 2 is 2.07 bits per heavy atom. The van der Waals surface area contributed by atoms with Crippen molar-refractivity contribution in [3.63, 3.8) is 0 Å². The van der Waals surface area contributed by atoms with Gasteiger partial charge in [-0.2, -0.15) is 0 Å². The fourth-order valence-electron chi connectivity index (χ4n) is 3.24. The molecule has 1 fully saturated rings. The number of ether oxygens (including phenoxy) is 2. The maximum atomic E-state index is 12.7. The molecule has 2 aromatic heterocycles. The summed E-state index contributed by atoms with van der Waals surface area (Å²) in [7, 11) is 0. The number of rotatable bonds is 5. The summed E-state index contributed by atoms with van der Waals surface area (Å²) in [6.45, 7) is 0.664. The van der Waals surface area contributed by atoms with E-state index >= 15 is 0 Å². The van der Waals surface area contributed by atoms with Crippen molar-refractivity contribution in [2.75, 3.05) is 11.9 Å². The Hall–Kier alpha value is -3.23. The van der Waals surface area contributed by atoms with Crippen molar-refractivity contribution in [2.24, 2.45) is 0 Å². The van der Waals surface area contributed by atoms with Crippen LogP contribution in [-0.2, 0) is 4.74 Å². The largest absolute Gasteiger partial charge is 0.457 e. The number of benzene rings is 2. The van der Waals surface area contributed by atoms with Gasteiger partial charge in [0.05, 0.1) is 10.2 Å². The summed E-state index contributed by atoms with van der Waals surface area (Å²) >= 11 is 1.37. The number of amides is 1. The Morgan fingerprint density at radius 1 is 1.17 bits per heavy atom. The van der Waals surface area contributed by atoms with Gasteiger partial charge < -0.3 is 13.9 Å². The second-order valence-corrected chi connectivity index (χ2v) is 7.62. The highest BCUT2D eigenvalue weighted by Gasteiger charge is 2.28. The van der Waals surface area contributed by atoms with Crippen molar-refractivity contribution in [3.8, 4) is 11.5 Å². The van der Waals surface area contributed by atoms with E-state index in [4.69, 9.17) is 13.9 Å². The minimum Gasteiger partial charge on any atom is -0.457 e. The molecule has 8 heteroatoms. The van der Waals surface area contributed by atoms with Crippen molar-refractivity contribution in [1.82, 2.24) is 9.97 Å². The number of nitrogens with one attached hydrogen (secondary N) is 1. The molecule has 1 aliphatic rings. The Morgan fingerprint density at radius 3 is 2.90 bits per heavy atom. The normalized spacial score (nSPS) is 16.2. The van der Waals surface area contributed by atoms with Crippen LogP contribution >= 0.6 is 11.3 Å². The Bertz CT molecular complexity index is 1150. The van der Waals surface area contributed by atoms with Gasteiger partial charge in [0, 0.05) is 12.7 Å². The molecule has 1 N–H and O–H groups in total.